The molecule has 0 aliphatic rings. The third-order valence-electron chi connectivity index (χ3n) is 2.63. The average molecular weight is 359 g/mol. The van der Waals surface area contributed by atoms with Gasteiger partial charge >= 0.3 is 0 Å². The molecule has 1 aromatic heterocycles. The normalized spacial score (nSPS) is 11.5. The van der Waals surface area contributed by atoms with Crippen molar-refractivity contribution in [3.8, 4) is 0 Å². The van der Waals surface area contributed by atoms with Gasteiger partial charge in [0.15, 0.2) is 0 Å². The first-order chi connectivity index (χ1) is 9.49. The van der Waals surface area contributed by atoms with Crippen molar-refractivity contribution in [2.75, 3.05) is 6.54 Å². The quantitative estimate of drug-likeness (QED) is 0.893. The Labute approximate surface area is 125 Å². The highest BCUT2D eigenvalue weighted by atomic mass is 79.9. The molecule has 2 aromatic rings. The van der Waals surface area contributed by atoms with Gasteiger partial charge in [0, 0.05) is 18.9 Å². The lowest BCUT2D eigenvalue weighted by molar-refractivity contribution is 0.577. The van der Waals surface area contributed by atoms with Crippen LogP contribution in [-0.4, -0.2) is 19.9 Å². The summed E-state index contributed by atoms with van der Waals surface area (Å²) in [6.45, 7) is 0.228. The molecule has 0 atom stereocenters. The smallest absolute Gasteiger partial charge is 0.240 e. The fourth-order valence-corrected chi connectivity index (χ4v) is 2.89. The standard InChI is InChI=1S/C13H12BrFN2O2S/c14-12-4-3-11(8-13(12)15)20(18,19)17-7-5-10-2-1-6-16-9-10/h1-4,6,8-9,17H,5,7H2. The number of sulfonamides is 1. The fourth-order valence-electron chi connectivity index (χ4n) is 1.60. The summed E-state index contributed by atoms with van der Waals surface area (Å²) in [6, 6.07) is 7.34. The van der Waals surface area contributed by atoms with Gasteiger partial charge in [-0.1, -0.05) is 6.07 Å². The van der Waals surface area contributed by atoms with Crippen molar-refractivity contribution in [1.82, 2.24) is 9.71 Å². The molecular weight excluding hydrogens is 347 g/mol. The first-order valence-corrected chi connectivity index (χ1v) is 8.10. The summed E-state index contributed by atoms with van der Waals surface area (Å²) in [5, 5.41) is 0. The second-order valence-corrected chi connectivity index (χ2v) is 6.71. The zero-order valence-electron chi connectivity index (χ0n) is 10.4. The van der Waals surface area contributed by atoms with Gasteiger partial charge in [-0.25, -0.2) is 17.5 Å². The maximum atomic E-state index is 13.3. The number of benzene rings is 1. The minimum absolute atomic E-state index is 0.0932. The second-order valence-electron chi connectivity index (χ2n) is 4.08. The van der Waals surface area contributed by atoms with Crippen LogP contribution in [-0.2, 0) is 16.4 Å². The summed E-state index contributed by atoms with van der Waals surface area (Å²) in [5.74, 6) is -0.611. The number of nitrogens with zero attached hydrogens (tertiary/aromatic N) is 1. The number of hydrogen-bond donors (Lipinski definition) is 1. The van der Waals surface area contributed by atoms with Gasteiger partial charge in [0.25, 0.3) is 0 Å². The van der Waals surface area contributed by atoms with E-state index in [1.54, 1.807) is 18.5 Å². The molecule has 0 unspecified atom stereocenters. The molecule has 0 saturated heterocycles. The lowest BCUT2D eigenvalue weighted by atomic mass is 10.2. The molecule has 0 radical (unpaired) electrons. The van der Waals surface area contributed by atoms with Crippen LogP contribution in [0.2, 0.25) is 0 Å². The van der Waals surface area contributed by atoms with Crippen molar-refractivity contribution in [3.05, 3.63) is 58.6 Å². The monoisotopic (exact) mass is 358 g/mol. The van der Waals surface area contributed by atoms with Crippen LogP contribution in [0, 0.1) is 5.82 Å². The molecule has 0 fully saturated rings. The SMILES string of the molecule is O=S(=O)(NCCc1cccnc1)c1ccc(Br)c(F)c1. The third kappa shape index (κ3) is 3.84. The van der Waals surface area contributed by atoms with Crippen molar-refractivity contribution in [3.63, 3.8) is 0 Å². The van der Waals surface area contributed by atoms with E-state index < -0.39 is 15.8 Å². The van der Waals surface area contributed by atoms with Gasteiger partial charge in [-0.05, 0) is 52.2 Å². The molecule has 0 aliphatic heterocycles. The summed E-state index contributed by atoms with van der Waals surface area (Å²) < 4.78 is 40.0. The molecule has 0 bridgehead atoms. The number of hydrogen-bond acceptors (Lipinski definition) is 3. The van der Waals surface area contributed by atoms with Crippen LogP contribution in [0.15, 0.2) is 52.1 Å². The first kappa shape index (κ1) is 15.1. The van der Waals surface area contributed by atoms with Crippen molar-refractivity contribution in [1.29, 1.82) is 0 Å². The molecule has 106 valence electrons. The zero-order chi connectivity index (χ0) is 14.6. The maximum absolute atomic E-state index is 13.3. The highest BCUT2D eigenvalue weighted by Gasteiger charge is 2.15. The van der Waals surface area contributed by atoms with Crippen molar-refractivity contribution in [2.24, 2.45) is 0 Å². The highest BCUT2D eigenvalue weighted by molar-refractivity contribution is 9.10. The second kappa shape index (κ2) is 6.43. The molecule has 7 heteroatoms. The van der Waals surface area contributed by atoms with Crippen LogP contribution in [0.3, 0.4) is 0 Å². The largest absolute Gasteiger partial charge is 0.264 e. The van der Waals surface area contributed by atoms with Gasteiger partial charge in [0.1, 0.15) is 5.82 Å². The van der Waals surface area contributed by atoms with Crippen LogP contribution in [0.5, 0.6) is 0 Å². The van der Waals surface area contributed by atoms with E-state index in [0.29, 0.717) is 6.42 Å². The number of halogens is 2. The van der Waals surface area contributed by atoms with E-state index >= 15 is 0 Å². The molecule has 1 aromatic carbocycles. The predicted octanol–water partition coefficient (Wildman–Crippen LogP) is 2.50. The predicted molar refractivity (Wildman–Crippen MR) is 77.2 cm³/mol. The Kier molecular flexibility index (Phi) is 4.85. The number of nitrogens with one attached hydrogen (secondary N) is 1. The molecule has 1 heterocycles. The summed E-state index contributed by atoms with van der Waals surface area (Å²) in [7, 11) is -3.70. The van der Waals surface area contributed by atoms with Gasteiger partial charge in [-0.2, -0.15) is 0 Å². The first-order valence-electron chi connectivity index (χ1n) is 5.83. The van der Waals surface area contributed by atoms with Crippen LogP contribution < -0.4 is 4.72 Å². The summed E-state index contributed by atoms with van der Waals surface area (Å²) >= 11 is 2.98. The van der Waals surface area contributed by atoms with Crippen LogP contribution in [0.4, 0.5) is 4.39 Å². The number of pyridine rings is 1. The summed E-state index contributed by atoms with van der Waals surface area (Å²) in [4.78, 5) is 3.85. The molecule has 0 amide bonds. The Morgan fingerprint density at radius 1 is 1.30 bits per heavy atom. The summed E-state index contributed by atoms with van der Waals surface area (Å²) in [6.07, 6.45) is 3.85. The van der Waals surface area contributed by atoms with Gasteiger partial charge in [-0.3, -0.25) is 4.98 Å². The van der Waals surface area contributed by atoms with E-state index in [4.69, 9.17) is 0 Å². The maximum Gasteiger partial charge on any atom is 0.240 e. The Bertz CT molecular complexity index is 693. The van der Waals surface area contributed by atoms with Crippen molar-refractivity contribution >= 4 is 26.0 Å². The molecule has 0 aliphatic carbocycles. The summed E-state index contributed by atoms with van der Waals surface area (Å²) in [5.41, 5.74) is 0.928. The van der Waals surface area contributed by atoms with E-state index in [9.17, 15) is 12.8 Å². The van der Waals surface area contributed by atoms with Crippen LogP contribution in [0.25, 0.3) is 0 Å². The Morgan fingerprint density at radius 3 is 2.75 bits per heavy atom. The number of aromatic nitrogens is 1. The fraction of sp³-hybridized carbons (Fsp3) is 0.154. The Morgan fingerprint density at radius 2 is 2.10 bits per heavy atom. The molecule has 20 heavy (non-hydrogen) atoms. The van der Waals surface area contributed by atoms with E-state index in [2.05, 4.69) is 25.6 Å². The van der Waals surface area contributed by atoms with E-state index in [1.807, 2.05) is 6.07 Å². The molecule has 0 saturated carbocycles. The lowest BCUT2D eigenvalue weighted by Gasteiger charge is -2.07. The van der Waals surface area contributed by atoms with Gasteiger partial charge in [0.2, 0.25) is 10.0 Å². The van der Waals surface area contributed by atoms with Crippen LogP contribution >= 0.6 is 15.9 Å². The average Bonchev–Trinajstić information content (AvgIpc) is 2.43. The van der Waals surface area contributed by atoms with E-state index in [0.717, 1.165) is 11.6 Å². The number of rotatable bonds is 5. The molecule has 0 spiro atoms. The van der Waals surface area contributed by atoms with E-state index in [1.165, 1.54) is 12.1 Å². The highest BCUT2D eigenvalue weighted by Crippen LogP contribution is 2.19. The van der Waals surface area contributed by atoms with E-state index in [-0.39, 0.29) is 15.9 Å². The van der Waals surface area contributed by atoms with Gasteiger partial charge in [0.05, 0.1) is 9.37 Å². The van der Waals surface area contributed by atoms with Crippen LogP contribution in [0.1, 0.15) is 5.56 Å². The molecule has 4 nitrogen and oxygen atoms in total. The van der Waals surface area contributed by atoms with Crippen molar-refractivity contribution < 1.29 is 12.8 Å². The Hall–Kier alpha value is -1.31. The zero-order valence-corrected chi connectivity index (χ0v) is 12.8. The molecule has 1 N–H and O–H groups in total. The molecular formula is C13H12BrFN2O2S. The van der Waals surface area contributed by atoms with Crippen molar-refractivity contribution in [2.45, 2.75) is 11.3 Å². The van der Waals surface area contributed by atoms with Gasteiger partial charge in [-0.15, -0.1) is 0 Å². The Balaban J connectivity index is 2.02. The molecule has 2 rings (SSSR count). The topological polar surface area (TPSA) is 59.1 Å². The van der Waals surface area contributed by atoms with Gasteiger partial charge < -0.3 is 0 Å². The minimum atomic E-state index is -3.70. The lowest BCUT2D eigenvalue weighted by Crippen LogP contribution is -2.26. The third-order valence-corrected chi connectivity index (χ3v) is 4.73. The minimum Gasteiger partial charge on any atom is -0.264 e.